The van der Waals surface area contributed by atoms with E-state index in [1.165, 1.54) is 61.9 Å². The largest absolute Gasteiger partial charge is 0.449 e. The van der Waals surface area contributed by atoms with Crippen molar-refractivity contribution >= 4 is 23.6 Å². The first kappa shape index (κ1) is 23.0. The zero-order chi connectivity index (χ0) is 23.0. The topological polar surface area (TPSA) is 63.1 Å². The minimum absolute atomic E-state index is 0.0527. The van der Waals surface area contributed by atoms with Gasteiger partial charge >= 0.3 is 0 Å². The van der Waals surface area contributed by atoms with Crippen LogP contribution in [0.4, 0.5) is 10.1 Å². The molecule has 0 spiro atoms. The van der Waals surface area contributed by atoms with Gasteiger partial charge in [0.2, 0.25) is 5.91 Å². The number of ether oxygens (including phenoxy) is 1. The van der Waals surface area contributed by atoms with Crippen LogP contribution < -0.4 is 19.9 Å². The van der Waals surface area contributed by atoms with Gasteiger partial charge in [0.05, 0.1) is 25.3 Å². The third-order valence-electron chi connectivity index (χ3n) is 6.12. The zero-order valence-corrected chi connectivity index (χ0v) is 18.8. The SMILES string of the molecule is O=C(CN1C(=O)C(=Cc2cccc(F)c2)Oc2ccccc21)NCCC[NH+]1CCCCCC1. The van der Waals surface area contributed by atoms with Crippen LogP contribution in [0, 0.1) is 5.82 Å². The number of nitrogens with zero attached hydrogens (tertiary/aromatic N) is 1. The Balaban J connectivity index is 1.39. The second-order valence-electron chi connectivity index (χ2n) is 8.64. The molecule has 0 aromatic heterocycles. The molecule has 0 bridgehead atoms. The number of hydrogen-bond donors (Lipinski definition) is 2. The summed E-state index contributed by atoms with van der Waals surface area (Å²) in [5.41, 5.74) is 1.06. The summed E-state index contributed by atoms with van der Waals surface area (Å²) in [5, 5.41) is 2.95. The van der Waals surface area contributed by atoms with E-state index in [9.17, 15) is 14.0 Å². The molecule has 6 nitrogen and oxygen atoms in total. The zero-order valence-electron chi connectivity index (χ0n) is 18.8. The van der Waals surface area contributed by atoms with Crippen molar-refractivity contribution in [2.75, 3.05) is 37.6 Å². The first-order valence-electron chi connectivity index (χ1n) is 11.8. The Morgan fingerprint density at radius 1 is 1.09 bits per heavy atom. The lowest BCUT2D eigenvalue weighted by atomic mass is 10.1. The maximum atomic E-state index is 13.6. The van der Waals surface area contributed by atoms with Crippen molar-refractivity contribution in [3.05, 3.63) is 65.7 Å². The molecule has 2 heterocycles. The molecule has 174 valence electrons. The lowest BCUT2D eigenvalue weighted by Crippen LogP contribution is -3.11. The van der Waals surface area contributed by atoms with E-state index in [2.05, 4.69) is 5.32 Å². The number of hydrogen-bond acceptors (Lipinski definition) is 3. The van der Waals surface area contributed by atoms with Gasteiger partial charge in [0, 0.05) is 13.0 Å². The lowest BCUT2D eigenvalue weighted by Gasteiger charge is -2.30. The van der Waals surface area contributed by atoms with Crippen LogP contribution >= 0.6 is 0 Å². The van der Waals surface area contributed by atoms with E-state index >= 15 is 0 Å². The molecule has 2 aliphatic heterocycles. The Morgan fingerprint density at radius 3 is 2.67 bits per heavy atom. The molecule has 2 aromatic rings. The van der Waals surface area contributed by atoms with Gasteiger partial charge in [0.25, 0.3) is 5.91 Å². The van der Waals surface area contributed by atoms with Crippen molar-refractivity contribution in [2.45, 2.75) is 32.1 Å². The number of amides is 2. The van der Waals surface area contributed by atoms with Crippen LogP contribution in [0.3, 0.4) is 0 Å². The van der Waals surface area contributed by atoms with Gasteiger partial charge in [-0.3, -0.25) is 14.5 Å². The van der Waals surface area contributed by atoms with E-state index in [4.69, 9.17) is 4.74 Å². The molecule has 2 amide bonds. The summed E-state index contributed by atoms with van der Waals surface area (Å²) in [6.45, 7) is 3.98. The van der Waals surface area contributed by atoms with Gasteiger partial charge in [0.1, 0.15) is 12.4 Å². The lowest BCUT2D eigenvalue weighted by molar-refractivity contribution is -0.899. The Kier molecular flexibility index (Phi) is 7.73. The summed E-state index contributed by atoms with van der Waals surface area (Å²) in [4.78, 5) is 28.8. The summed E-state index contributed by atoms with van der Waals surface area (Å²) < 4.78 is 19.4. The van der Waals surface area contributed by atoms with Crippen molar-refractivity contribution in [3.8, 4) is 5.75 Å². The molecular formula is C26H31FN3O3+. The molecular weight excluding hydrogens is 421 g/mol. The van der Waals surface area contributed by atoms with Crippen LogP contribution in [0.2, 0.25) is 0 Å². The van der Waals surface area contributed by atoms with E-state index in [1.807, 2.05) is 0 Å². The van der Waals surface area contributed by atoms with Gasteiger partial charge in [0.15, 0.2) is 11.5 Å². The molecule has 0 saturated carbocycles. The number of halogens is 1. The van der Waals surface area contributed by atoms with Crippen LogP contribution in [0.15, 0.2) is 54.3 Å². The monoisotopic (exact) mass is 452 g/mol. The molecule has 0 radical (unpaired) electrons. The predicted molar refractivity (Wildman–Crippen MR) is 125 cm³/mol. The van der Waals surface area contributed by atoms with Crippen molar-refractivity contribution in [1.29, 1.82) is 0 Å². The number of benzene rings is 2. The van der Waals surface area contributed by atoms with Gasteiger partial charge in [-0.15, -0.1) is 0 Å². The van der Waals surface area contributed by atoms with E-state index in [-0.39, 0.29) is 18.2 Å². The first-order chi connectivity index (χ1) is 16.1. The number of anilines is 1. The number of carbonyl (C=O) groups excluding carboxylic acids is 2. The minimum atomic E-state index is -0.429. The molecule has 1 saturated heterocycles. The molecule has 2 N–H and O–H groups in total. The van der Waals surface area contributed by atoms with Crippen molar-refractivity contribution in [3.63, 3.8) is 0 Å². The summed E-state index contributed by atoms with van der Waals surface area (Å²) >= 11 is 0. The van der Waals surface area contributed by atoms with Crippen LogP contribution in [0.5, 0.6) is 5.75 Å². The van der Waals surface area contributed by atoms with Gasteiger partial charge in [-0.25, -0.2) is 4.39 Å². The van der Waals surface area contributed by atoms with Gasteiger partial charge in [-0.1, -0.05) is 24.3 Å². The molecule has 0 unspecified atom stereocenters. The van der Waals surface area contributed by atoms with E-state index in [1.54, 1.807) is 41.3 Å². The third kappa shape index (κ3) is 6.20. The van der Waals surface area contributed by atoms with Gasteiger partial charge in [-0.05, 0) is 61.6 Å². The third-order valence-corrected chi connectivity index (χ3v) is 6.12. The number of rotatable bonds is 7. The molecule has 33 heavy (non-hydrogen) atoms. The number of fused-ring (bicyclic) bond motifs is 1. The minimum Gasteiger partial charge on any atom is -0.449 e. The maximum Gasteiger partial charge on any atom is 0.294 e. The van der Waals surface area contributed by atoms with E-state index in [0.29, 0.717) is 23.5 Å². The smallest absolute Gasteiger partial charge is 0.294 e. The summed E-state index contributed by atoms with van der Waals surface area (Å²) in [5.74, 6) is -0.501. The van der Waals surface area contributed by atoms with Gasteiger partial charge in [-0.2, -0.15) is 0 Å². The van der Waals surface area contributed by atoms with Crippen molar-refractivity contribution in [1.82, 2.24) is 5.32 Å². The van der Waals surface area contributed by atoms with Crippen molar-refractivity contribution < 1.29 is 23.6 Å². The summed E-state index contributed by atoms with van der Waals surface area (Å²) in [6.07, 6.45) is 7.63. The van der Waals surface area contributed by atoms with Crippen LogP contribution in [0.25, 0.3) is 6.08 Å². The predicted octanol–water partition coefficient (Wildman–Crippen LogP) is 2.56. The molecule has 2 aromatic carbocycles. The molecule has 1 fully saturated rings. The average Bonchev–Trinajstić information content (AvgIpc) is 3.08. The van der Waals surface area contributed by atoms with Crippen LogP contribution in [-0.4, -0.2) is 44.5 Å². The first-order valence-corrected chi connectivity index (χ1v) is 11.8. The Bertz CT molecular complexity index is 1020. The standard InChI is InChI=1S/C26H30FN3O3/c27-21-10-7-9-20(17-21)18-24-26(32)30(22-11-3-4-12-23(22)33-24)19-25(31)28-13-8-16-29-14-5-1-2-6-15-29/h3-4,7,9-12,17-18H,1-2,5-6,8,13-16,19H2,(H,28,31)/p+1. The summed E-state index contributed by atoms with van der Waals surface area (Å²) in [7, 11) is 0. The molecule has 0 atom stereocenters. The highest BCUT2D eigenvalue weighted by atomic mass is 19.1. The Morgan fingerprint density at radius 2 is 1.88 bits per heavy atom. The molecule has 7 heteroatoms. The number of nitrogens with one attached hydrogen (secondary N) is 2. The average molecular weight is 453 g/mol. The van der Waals surface area contributed by atoms with E-state index in [0.717, 1.165) is 13.0 Å². The van der Waals surface area contributed by atoms with Crippen molar-refractivity contribution in [2.24, 2.45) is 0 Å². The van der Waals surface area contributed by atoms with Gasteiger partial charge < -0.3 is 15.0 Å². The highest BCUT2D eigenvalue weighted by molar-refractivity contribution is 6.12. The second-order valence-corrected chi connectivity index (χ2v) is 8.64. The molecule has 0 aliphatic carbocycles. The molecule has 2 aliphatic rings. The fraction of sp³-hybridized carbons (Fsp3) is 0.385. The quantitative estimate of drug-likeness (QED) is 0.501. The second kappa shape index (κ2) is 11.1. The fourth-order valence-electron chi connectivity index (χ4n) is 4.41. The maximum absolute atomic E-state index is 13.6. The number of quaternary nitrogens is 1. The fourth-order valence-corrected chi connectivity index (χ4v) is 4.41. The normalized spacial score (nSPS) is 17.9. The number of likely N-dealkylation sites (tertiary alicyclic amines) is 1. The Labute approximate surface area is 194 Å². The van der Waals surface area contributed by atoms with E-state index < -0.39 is 11.7 Å². The van der Waals surface area contributed by atoms with Crippen LogP contribution in [-0.2, 0) is 9.59 Å². The Hall–Kier alpha value is -3.19. The summed E-state index contributed by atoms with van der Waals surface area (Å²) in [6, 6.07) is 13.0. The highest BCUT2D eigenvalue weighted by Gasteiger charge is 2.31. The highest BCUT2D eigenvalue weighted by Crippen LogP contribution is 2.35. The molecule has 4 rings (SSSR count). The number of carbonyl (C=O) groups is 2. The van der Waals surface area contributed by atoms with Crippen LogP contribution in [0.1, 0.15) is 37.7 Å². The number of para-hydroxylation sites is 2.